The largest absolute Gasteiger partial charge is 0.495 e. The van der Waals surface area contributed by atoms with Gasteiger partial charge in [-0.15, -0.1) is 0 Å². The molecule has 0 aliphatic heterocycles. The number of ether oxygens (including phenoxy) is 2. The van der Waals surface area contributed by atoms with E-state index in [-0.39, 0.29) is 5.02 Å². The molecule has 0 unspecified atom stereocenters. The van der Waals surface area contributed by atoms with Gasteiger partial charge in [-0.1, -0.05) is 53.0 Å². The minimum Gasteiger partial charge on any atom is -0.495 e. The topological polar surface area (TPSA) is 55.8 Å². The van der Waals surface area contributed by atoms with Crippen LogP contribution >= 0.6 is 34.8 Å². The first kappa shape index (κ1) is 21.5. The fourth-order valence-corrected chi connectivity index (χ4v) is 3.87. The van der Waals surface area contributed by atoms with Crippen molar-refractivity contribution in [2.24, 2.45) is 0 Å². The van der Waals surface area contributed by atoms with Crippen LogP contribution in [0.4, 0.5) is 0 Å². The molecule has 0 spiro atoms. The van der Waals surface area contributed by atoms with Crippen LogP contribution < -0.4 is 9.47 Å². The van der Waals surface area contributed by atoms with Crippen LogP contribution in [0.25, 0.3) is 0 Å². The number of hydrogen-bond donors (Lipinski definition) is 1. The second-order valence-corrected chi connectivity index (χ2v) is 7.48. The van der Waals surface area contributed by atoms with Crippen LogP contribution in [0.1, 0.15) is 27.0 Å². The molecule has 0 saturated heterocycles. The van der Waals surface area contributed by atoms with Gasteiger partial charge in [-0.2, -0.15) is 0 Å². The van der Waals surface area contributed by atoms with Crippen LogP contribution in [0.3, 0.4) is 0 Å². The number of rotatable bonds is 6. The number of methoxy groups -OCH3 is 2. The maximum Gasteiger partial charge on any atom is 0.151 e. The van der Waals surface area contributed by atoms with Crippen LogP contribution in [-0.2, 0) is 5.60 Å². The minimum absolute atomic E-state index is 0.218. The zero-order chi connectivity index (χ0) is 21.2. The molecule has 3 aromatic rings. The lowest BCUT2D eigenvalue weighted by Gasteiger charge is -2.31. The predicted octanol–water partition coefficient (Wildman–Crippen LogP) is 5.76. The fraction of sp³-hybridized carbons (Fsp3) is 0.136. The molecule has 0 amide bonds. The van der Waals surface area contributed by atoms with E-state index >= 15 is 0 Å². The third kappa shape index (κ3) is 3.94. The highest BCUT2D eigenvalue weighted by molar-refractivity contribution is 6.33. The molecule has 0 fully saturated rings. The van der Waals surface area contributed by atoms with Gasteiger partial charge in [-0.25, -0.2) is 0 Å². The lowest BCUT2D eigenvalue weighted by atomic mass is 9.80. The minimum atomic E-state index is -1.66. The smallest absolute Gasteiger partial charge is 0.151 e. The van der Waals surface area contributed by atoms with E-state index in [1.54, 1.807) is 54.6 Å². The Morgan fingerprint density at radius 3 is 1.52 bits per heavy atom. The third-order valence-corrected chi connectivity index (χ3v) is 5.60. The second kappa shape index (κ2) is 8.64. The number of aldehydes is 1. The molecule has 0 atom stereocenters. The fourth-order valence-electron chi connectivity index (χ4n) is 3.13. The molecule has 3 rings (SSSR count). The molecular formula is C22H17Cl3O4. The molecule has 0 aliphatic carbocycles. The predicted molar refractivity (Wildman–Crippen MR) is 115 cm³/mol. The molecule has 7 heteroatoms. The van der Waals surface area contributed by atoms with Crippen LogP contribution in [0.15, 0.2) is 54.6 Å². The summed E-state index contributed by atoms with van der Waals surface area (Å²) in [6.07, 6.45) is 0.652. The summed E-state index contributed by atoms with van der Waals surface area (Å²) in [5.41, 5.74) is 0.0458. The van der Waals surface area contributed by atoms with E-state index in [4.69, 9.17) is 44.3 Å². The Morgan fingerprint density at radius 1 is 0.759 bits per heavy atom. The van der Waals surface area contributed by atoms with E-state index in [9.17, 15) is 9.90 Å². The summed E-state index contributed by atoms with van der Waals surface area (Å²) in [5, 5.41) is 12.8. The van der Waals surface area contributed by atoms with Gasteiger partial charge in [0.15, 0.2) is 6.29 Å². The molecular weight excluding hydrogens is 435 g/mol. The first-order valence-corrected chi connectivity index (χ1v) is 9.64. The Balaban J connectivity index is 2.28. The van der Waals surface area contributed by atoms with E-state index in [2.05, 4.69) is 0 Å². The van der Waals surface area contributed by atoms with E-state index in [0.29, 0.717) is 50.1 Å². The molecule has 0 bridgehead atoms. The summed E-state index contributed by atoms with van der Waals surface area (Å²) in [7, 11) is 3.02. The van der Waals surface area contributed by atoms with Crippen molar-refractivity contribution in [2.75, 3.05) is 14.2 Å². The van der Waals surface area contributed by atoms with Gasteiger partial charge in [-0.3, -0.25) is 4.79 Å². The molecule has 1 N–H and O–H groups in total. The number of carbonyl (C=O) groups excluding carboxylic acids is 1. The molecule has 0 aliphatic rings. The van der Waals surface area contributed by atoms with E-state index < -0.39 is 5.60 Å². The van der Waals surface area contributed by atoms with E-state index in [0.717, 1.165) is 0 Å². The van der Waals surface area contributed by atoms with Gasteiger partial charge in [0.1, 0.15) is 17.1 Å². The number of aliphatic hydroxyl groups is 1. The zero-order valence-corrected chi connectivity index (χ0v) is 17.8. The average molecular weight is 452 g/mol. The highest BCUT2D eigenvalue weighted by atomic mass is 35.5. The average Bonchev–Trinajstić information content (AvgIpc) is 2.72. The van der Waals surface area contributed by atoms with Crippen LogP contribution in [-0.4, -0.2) is 25.6 Å². The monoisotopic (exact) mass is 450 g/mol. The van der Waals surface area contributed by atoms with Crippen molar-refractivity contribution < 1.29 is 19.4 Å². The van der Waals surface area contributed by atoms with E-state index in [1.165, 1.54) is 14.2 Å². The lowest BCUT2D eigenvalue weighted by molar-refractivity contribution is 0.112. The van der Waals surface area contributed by atoms with Crippen molar-refractivity contribution in [3.8, 4) is 11.5 Å². The molecule has 3 aromatic carbocycles. The Kier molecular flexibility index (Phi) is 6.39. The van der Waals surface area contributed by atoms with Crippen LogP contribution in [0.5, 0.6) is 11.5 Å². The van der Waals surface area contributed by atoms with Crippen molar-refractivity contribution in [1.29, 1.82) is 0 Å². The van der Waals surface area contributed by atoms with Gasteiger partial charge in [-0.05, 0) is 53.1 Å². The van der Waals surface area contributed by atoms with Crippen molar-refractivity contribution in [1.82, 2.24) is 0 Å². The summed E-state index contributed by atoms with van der Waals surface area (Å²) in [5.74, 6) is 0.944. The van der Waals surface area contributed by atoms with Crippen molar-refractivity contribution in [3.05, 3.63) is 91.9 Å². The zero-order valence-electron chi connectivity index (χ0n) is 15.6. The summed E-state index contributed by atoms with van der Waals surface area (Å²) < 4.78 is 10.4. The Hall–Kier alpha value is -2.24. The van der Waals surface area contributed by atoms with Crippen LogP contribution in [0.2, 0.25) is 15.1 Å². The maximum atomic E-state index is 11.9. The van der Waals surface area contributed by atoms with E-state index in [1.807, 2.05) is 0 Å². The van der Waals surface area contributed by atoms with Gasteiger partial charge in [0.25, 0.3) is 0 Å². The molecule has 4 nitrogen and oxygen atoms in total. The van der Waals surface area contributed by atoms with Gasteiger partial charge < -0.3 is 14.6 Å². The second-order valence-electron chi connectivity index (χ2n) is 6.26. The van der Waals surface area contributed by atoms with Gasteiger partial charge in [0.2, 0.25) is 0 Å². The quantitative estimate of drug-likeness (QED) is 0.382. The van der Waals surface area contributed by atoms with Gasteiger partial charge in [0, 0.05) is 5.56 Å². The Bertz CT molecular complexity index is 1010. The highest BCUT2D eigenvalue weighted by Crippen LogP contribution is 2.42. The van der Waals surface area contributed by atoms with Crippen molar-refractivity contribution in [2.45, 2.75) is 5.60 Å². The summed E-state index contributed by atoms with van der Waals surface area (Å²) in [6.45, 7) is 0. The molecule has 0 heterocycles. The maximum absolute atomic E-state index is 11.9. The highest BCUT2D eigenvalue weighted by Gasteiger charge is 2.35. The SMILES string of the molecule is COc1ccc(C(O)(c2ccc(C=O)c(Cl)c2)c2ccc(OC)c(Cl)c2)cc1Cl. The Labute approximate surface area is 183 Å². The summed E-state index contributed by atoms with van der Waals surface area (Å²) in [4.78, 5) is 11.1. The molecule has 29 heavy (non-hydrogen) atoms. The lowest BCUT2D eigenvalue weighted by Crippen LogP contribution is -2.29. The van der Waals surface area contributed by atoms with Crippen molar-refractivity contribution in [3.63, 3.8) is 0 Å². The number of carbonyl (C=O) groups is 1. The van der Waals surface area contributed by atoms with Gasteiger partial charge >= 0.3 is 0 Å². The van der Waals surface area contributed by atoms with Crippen molar-refractivity contribution >= 4 is 41.1 Å². The van der Waals surface area contributed by atoms with Gasteiger partial charge in [0.05, 0.1) is 29.3 Å². The number of benzene rings is 3. The molecule has 0 saturated carbocycles. The number of hydrogen-bond acceptors (Lipinski definition) is 4. The summed E-state index contributed by atoms with van der Waals surface area (Å²) in [6, 6.07) is 14.7. The number of halogens is 3. The molecule has 0 radical (unpaired) electrons. The standard InChI is InChI=1S/C22H17Cl3O4/c1-28-20-7-5-15(10-18(20)24)22(27,14-4-3-13(12-26)17(23)9-14)16-6-8-21(29-2)19(25)11-16/h3-12,27H,1-2H3. The molecule has 0 aromatic heterocycles. The third-order valence-electron chi connectivity index (χ3n) is 4.68. The Morgan fingerprint density at radius 2 is 1.17 bits per heavy atom. The first-order valence-electron chi connectivity index (χ1n) is 8.50. The summed E-state index contributed by atoms with van der Waals surface area (Å²) >= 11 is 18.9. The first-order chi connectivity index (χ1) is 13.8. The van der Waals surface area contributed by atoms with Crippen LogP contribution in [0, 0.1) is 0 Å². The normalized spacial score (nSPS) is 11.2. The molecule has 150 valence electrons.